The van der Waals surface area contributed by atoms with Crippen LogP contribution in [0.5, 0.6) is 0 Å². The molecule has 36 heteroatoms. The maximum absolute atomic E-state index is 12.7. The van der Waals surface area contributed by atoms with Crippen LogP contribution in [0.2, 0.25) is 10.0 Å². The summed E-state index contributed by atoms with van der Waals surface area (Å²) in [5.74, 6) is -2.58. The number of nitriles is 2. The van der Waals surface area contributed by atoms with Gasteiger partial charge in [0.1, 0.15) is 48.0 Å². The number of pyridine rings is 1. The van der Waals surface area contributed by atoms with Crippen molar-refractivity contribution >= 4 is 158 Å². The highest BCUT2D eigenvalue weighted by molar-refractivity contribution is 7.87. The first-order valence-corrected chi connectivity index (χ1v) is 30.0. The van der Waals surface area contributed by atoms with E-state index in [-0.39, 0.29) is 77.2 Å². The normalized spacial score (nSPS) is 12.4. The molecule has 0 aliphatic heterocycles. The van der Waals surface area contributed by atoms with Gasteiger partial charge in [-0.3, -0.25) is 32.4 Å². The molecular formula is C44H30Cl2N10O18S6. The average molecular weight is 1250 g/mol. The van der Waals surface area contributed by atoms with Gasteiger partial charge in [0.2, 0.25) is 5.91 Å². The van der Waals surface area contributed by atoms with Crippen molar-refractivity contribution < 1.29 is 79.5 Å². The van der Waals surface area contributed by atoms with Gasteiger partial charge in [-0.2, -0.15) is 52.6 Å². The second kappa shape index (κ2) is 22.7. The Kier molecular flexibility index (Phi) is 16.9. The Balaban J connectivity index is 1.45. The molecule has 0 aliphatic rings. The summed E-state index contributed by atoms with van der Waals surface area (Å²) in [7, 11) is -26.0. The lowest BCUT2D eigenvalue weighted by atomic mass is 10.0. The summed E-state index contributed by atoms with van der Waals surface area (Å²) in [5.41, 5.74) is -1.64. The van der Waals surface area contributed by atoms with Gasteiger partial charge in [0, 0.05) is 45.4 Å². The number of thiophene rings is 1. The molecule has 9 N–H and O–H groups in total. The van der Waals surface area contributed by atoms with Crippen LogP contribution in [0.1, 0.15) is 29.5 Å². The van der Waals surface area contributed by atoms with E-state index in [2.05, 4.69) is 41.4 Å². The first-order valence-electron chi connectivity index (χ1n) is 21.3. The number of azo groups is 2. The molecule has 2 heterocycles. The number of carboxylic acid groups (broad SMARTS) is 1. The van der Waals surface area contributed by atoms with Crippen molar-refractivity contribution in [3.63, 3.8) is 0 Å². The molecule has 0 fully saturated rings. The topological polar surface area (TPSA) is 472 Å². The number of nitrogens with zero attached hydrogens (tertiary/aromatic N) is 7. The smallest absolute Gasteiger partial charge is 0.303 e. The summed E-state index contributed by atoms with van der Waals surface area (Å²) in [6.45, 7) is 1.34. The van der Waals surface area contributed by atoms with Gasteiger partial charge >= 0.3 is 5.97 Å². The molecule has 0 spiro atoms. The minimum atomic E-state index is -5.45. The van der Waals surface area contributed by atoms with E-state index in [0.717, 1.165) is 30.3 Å². The third-order valence-electron chi connectivity index (χ3n) is 10.8. The van der Waals surface area contributed by atoms with Gasteiger partial charge in [0.25, 0.3) is 50.6 Å². The number of carbonyl (C=O) groups excluding carboxylic acids is 1. The van der Waals surface area contributed by atoms with E-state index in [1.165, 1.54) is 43.3 Å². The number of hydrogen-bond donors (Lipinski definition) is 9. The number of aromatic nitrogens is 1. The lowest BCUT2D eigenvalue weighted by molar-refractivity contribution is -0.138. The summed E-state index contributed by atoms with van der Waals surface area (Å²) in [5, 5.41) is 52.1. The lowest BCUT2D eigenvalue weighted by Crippen LogP contribution is -2.13. The Labute approximate surface area is 465 Å². The van der Waals surface area contributed by atoms with Gasteiger partial charge in [0.05, 0.1) is 32.6 Å². The number of aliphatic carboxylic acids is 1. The van der Waals surface area contributed by atoms with Crippen molar-refractivity contribution in [1.29, 1.82) is 10.5 Å². The second-order valence-corrected chi connectivity index (χ2v) is 24.9. The molecule has 0 atom stereocenters. The number of amides is 1. The third-order valence-corrected chi connectivity index (χ3v) is 17.0. The molecule has 5 aromatic carbocycles. The van der Waals surface area contributed by atoms with Crippen LogP contribution >= 0.6 is 34.5 Å². The summed E-state index contributed by atoms with van der Waals surface area (Å²) in [6.07, 6.45) is -0.888. The van der Waals surface area contributed by atoms with Gasteiger partial charge < -0.3 is 21.1 Å². The molecule has 2 aromatic heterocycles. The molecule has 0 saturated heterocycles. The first-order chi connectivity index (χ1) is 37.2. The molecule has 414 valence electrons. The number of nitrogens with one attached hydrogen (secondary N) is 3. The number of anilines is 5. The van der Waals surface area contributed by atoms with Crippen LogP contribution < -0.4 is 16.0 Å². The fraction of sp³-hybridized carbons (Fsp3) is 0.0682. The molecule has 1 amide bonds. The Hall–Kier alpha value is -7.94. The quantitative estimate of drug-likeness (QED) is 0.0285. The van der Waals surface area contributed by atoms with E-state index in [0.29, 0.717) is 29.5 Å². The molecule has 7 aromatic rings. The third kappa shape index (κ3) is 13.5. The van der Waals surface area contributed by atoms with E-state index in [9.17, 15) is 85.0 Å². The second-order valence-electron chi connectivity index (χ2n) is 16.1. The van der Waals surface area contributed by atoms with Crippen LogP contribution in [0.3, 0.4) is 0 Å². The van der Waals surface area contributed by atoms with Crippen molar-refractivity contribution in [3.05, 3.63) is 112 Å². The molecule has 7 rings (SSSR count). The van der Waals surface area contributed by atoms with Gasteiger partial charge in [-0.15, -0.1) is 20.5 Å². The molecular weight excluding hydrogens is 1220 g/mol. The predicted molar refractivity (Wildman–Crippen MR) is 285 cm³/mol. The van der Waals surface area contributed by atoms with E-state index in [4.69, 9.17) is 28.3 Å². The minimum absolute atomic E-state index is 0.0562. The molecule has 0 saturated carbocycles. The van der Waals surface area contributed by atoms with E-state index in [1.54, 1.807) is 0 Å². The van der Waals surface area contributed by atoms with Crippen LogP contribution in [-0.2, 0) is 60.2 Å². The van der Waals surface area contributed by atoms with Crippen LogP contribution in [-0.4, -0.2) is 86.8 Å². The zero-order valence-electron chi connectivity index (χ0n) is 39.4. The summed E-state index contributed by atoms with van der Waals surface area (Å²) in [6, 6.07) is 18.0. The summed E-state index contributed by atoms with van der Waals surface area (Å²) >= 11 is 12.6. The minimum Gasteiger partial charge on any atom is -0.481 e. The lowest BCUT2D eigenvalue weighted by Gasteiger charge is -2.16. The van der Waals surface area contributed by atoms with Gasteiger partial charge in [-0.25, -0.2) is 4.98 Å². The highest BCUT2D eigenvalue weighted by atomic mass is 35.5. The molecule has 0 unspecified atom stereocenters. The highest BCUT2D eigenvalue weighted by Crippen LogP contribution is 2.49. The number of rotatable bonds is 18. The number of fused-ring (bicyclic) bond motifs is 1. The summed E-state index contributed by atoms with van der Waals surface area (Å²) < 4.78 is 173. The molecule has 28 nitrogen and oxygen atoms in total. The Morgan fingerprint density at radius 3 is 1.60 bits per heavy atom. The van der Waals surface area contributed by atoms with Gasteiger partial charge in [0.15, 0.2) is 16.6 Å². The fourth-order valence-electron chi connectivity index (χ4n) is 7.23. The largest absolute Gasteiger partial charge is 0.481 e. The predicted octanol–water partition coefficient (Wildman–Crippen LogP) is 9.68. The fourth-order valence-corrected chi connectivity index (χ4v) is 12.2. The number of benzene rings is 5. The van der Waals surface area contributed by atoms with E-state index < -0.39 is 121 Å². The van der Waals surface area contributed by atoms with Crippen molar-refractivity contribution in [2.24, 2.45) is 20.5 Å². The molecule has 0 aliphatic carbocycles. The van der Waals surface area contributed by atoms with Crippen LogP contribution in [0, 0.1) is 29.6 Å². The van der Waals surface area contributed by atoms with Crippen LogP contribution in [0.25, 0.3) is 21.9 Å². The number of halogens is 2. The first kappa shape index (κ1) is 59.7. The van der Waals surface area contributed by atoms with Crippen molar-refractivity contribution in [3.8, 4) is 23.3 Å². The number of carboxylic acids is 1. The van der Waals surface area contributed by atoms with Crippen molar-refractivity contribution in [1.82, 2.24) is 4.98 Å². The van der Waals surface area contributed by atoms with E-state index >= 15 is 0 Å². The van der Waals surface area contributed by atoms with Crippen molar-refractivity contribution in [2.75, 3.05) is 16.0 Å². The highest BCUT2D eigenvalue weighted by Gasteiger charge is 2.28. The Morgan fingerprint density at radius 1 is 0.588 bits per heavy atom. The maximum Gasteiger partial charge on any atom is 0.303 e. The van der Waals surface area contributed by atoms with Gasteiger partial charge in [-0.05, 0) is 85.3 Å². The van der Waals surface area contributed by atoms with Crippen LogP contribution in [0.15, 0.2) is 130 Å². The number of carbonyl (C=O) groups is 2. The van der Waals surface area contributed by atoms with Crippen molar-refractivity contribution in [2.45, 2.75) is 44.2 Å². The molecule has 80 heavy (non-hydrogen) atoms. The zero-order chi connectivity index (χ0) is 59.0. The van der Waals surface area contributed by atoms with E-state index in [1.807, 2.05) is 12.1 Å². The van der Waals surface area contributed by atoms with Gasteiger partial charge in [-0.1, -0.05) is 46.7 Å². The van der Waals surface area contributed by atoms with Crippen LogP contribution in [0.4, 0.5) is 50.1 Å². The monoisotopic (exact) mass is 1250 g/mol. The standard InChI is InChI=1S/C44H30Cl2N10O18S6/c1-20-29(18-47)41(50-23-6-8-31(45)35(13-23)79(69,70)71)52-42(51-24-7-9-32(46)36(14-24)80(72,73)74)40(20)54-55-43-30(19-48)39(21-2-4-22(5-3-21)49-37(57)10-11-38(58)59)44(75-43)56-53-25-12-27-28(33(15-25)77(63,64)65)16-26(76(60,61)62)17-34(27)78(66,67)68/h2-9,12-17H,10-11H2,1H3,(H,49,57)(H,58,59)(H2,50,51,52)(H,60,61,62)(H,63,64,65)(H,66,67,68)(H,69,70,71)(H,72,73,74). The Bertz CT molecular complexity index is 4550. The molecule has 0 radical (unpaired) electrons. The SMILES string of the molecule is Cc1c(C#N)c(Nc2ccc(Cl)c(S(=O)(=O)O)c2)nc(Nc2ccc(Cl)c(S(=O)(=O)O)c2)c1N=Nc1sc(N=Nc2cc(S(=O)(=O)O)c3cc(S(=O)(=O)O)cc(S(=O)(=O)O)c3c2)c(-c2ccc(NC(=O)CCC(=O)O)cc2)c1C#N. The summed E-state index contributed by atoms with van der Waals surface area (Å²) in [4.78, 5) is 22.8. The Morgan fingerprint density at radius 2 is 1.09 bits per heavy atom. The average Bonchev–Trinajstić information content (AvgIpc) is 3.83. The molecule has 0 bridgehead atoms. The zero-order valence-corrected chi connectivity index (χ0v) is 45.8. The maximum atomic E-state index is 12.7. The number of hydrogen-bond acceptors (Lipinski definition) is 22.